The number of hydrogen-bond donors (Lipinski definition) is 2. The molecular formula is C9H12N4O4. The van der Waals surface area contributed by atoms with Gasteiger partial charge < -0.3 is 15.7 Å². The summed E-state index contributed by atoms with van der Waals surface area (Å²) in [5.74, 6) is -1.94. The highest BCUT2D eigenvalue weighted by molar-refractivity contribution is 5.96. The number of aliphatic carboxylic acids is 1. The van der Waals surface area contributed by atoms with Gasteiger partial charge in [0, 0.05) is 13.1 Å². The molecule has 0 saturated carbocycles. The van der Waals surface area contributed by atoms with Crippen LogP contribution in [0.1, 0.15) is 23.3 Å². The Morgan fingerprint density at radius 3 is 2.82 bits per heavy atom. The molecule has 1 amide bonds. The van der Waals surface area contributed by atoms with E-state index in [1.165, 1.54) is 4.90 Å². The Labute approximate surface area is 96.3 Å². The van der Waals surface area contributed by atoms with Crippen LogP contribution in [0.5, 0.6) is 0 Å². The van der Waals surface area contributed by atoms with Crippen molar-refractivity contribution >= 4 is 17.7 Å². The van der Waals surface area contributed by atoms with Crippen molar-refractivity contribution in [3.63, 3.8) is 0 Å². The van der Waals surface area contributed by atoms with Gasteiger partial charge in [-0.1, -0.05) is 0 Å². The molecule has 2 rings (SSSR count). The fourth-order valence-corrected chi connectivity index (χ4v) is 1.86. The number of aromatic nitrogens is 2. The van der Waals surface area contributed by atoms with E-state index in [-0.39, 0.29) is 18.1 Å². The van der Waals surface area contributed by atoms with Crippen LogP contribution >= 0.6 is 0 Å². The minimum Gasteiger partial charge on any atom is -0.481 e. The number of hydrogen-bond acceptors (Lipinski definition) is 6. The maximum absolute atomic E-state index is 11.9. The van der Waals surface area contributed by atoms with Crippen LogP contribution in [0.15, 0.2) is 4.63 Å². The number of nitrogen functional groups attached to an aromatic ring is 1. The third-order valence-electron chi connectivity index (χ3n) is 2.77. The zero-order chi connectivity index (χ0) is 12.4. The normalized spacial score (nSPS) is 20.2. The monoisotopic (exact) mass is 240 g/mol. The minimum absolute atomic E-state index is 0.0592. The van der Waals surface area contributed by atoms with E-state index in [0.717, 1.165) is 0 Å². The molecule has 1 aromatic rings. The van der Waals surface area contributed by atoms with Crippen molar-refractivity contribution in [2.75, 3.05) is 18.8 Å². The van der Waals surface area contributed by atoms with Crippen LogP contribution in [0.3, 0.4) is 0 Å². The summed E-state index contributed by atoms with van der Waals surface area (Å²) in [7, 11) is 0. The Balaban J connectivity index is 2.10. The smallest absolute Gasteiger partial charge is 0.308 e. The fourth-order valence-electron chi connectivity index (χ4n) is 1.86. The largest absolute Gasteiger partial charge is 0.481 e. The topological polar surface area (TPSA) is 123 Å². The van der Waals surface area contributed by atoms with Gasteiger partial charge in [-0.25, -0.2) is 4.63 Å². The number of nitrogens with zero attached hydrogens (tertiary/aromatic N) is 3. The highest BCUT2D eigenvalue weighted by Gasteiger charge is 2.31. The minimum atomic E-state index is -0.895. The second-order valence-electron chi connectivity index (χ2n) is 3.93. The Hall–Kier alpha value is -2.12. The molecule has 0 aliphatic carbocycles. The number of rotatable bonds is 2. The van der Waals surface area contributed by atoms with E-state index in [1.54, 1.807) is 0 Å². The lowest BCUT2D eigenvalue weighted by atomic mass is 9.98. The van der Waals surface area contributed by atoms with E-state index < -0.39 is 17.8 Å². The van der Waals surface area contributed by atoms with Crippen molar-refractivity contribution in [3.05, 3.63) is 5.69 Å². The maximum Gasteiger partial charge on any atom is 0.308 e. The summed E-state index contributed by atoms with van der Waals surface area (Å²) < 4.78 is 4.34. The van der Waals surface area contributed by atoms with Crippen LogP contribution in [-0.2, 0) is 4.79 Å². The first kappa shape index (κ1) is 11.4. The molecule has 17 heavy (non-hydrogen) atoms. The number of likely N-dealkylation sites (tertiary alicyclic amines) is 1. The van der Waals surface area contributed by atoms with Crippen molar-refractivity contribution in [1.29, 1.82) is 0 Å². The molecule has 8 heteroatoms. The molecule has 1 aromatic heterocycles. The van der Waals surface area contributed by atoms with Crippen molar-refractivity contribution < 1.29 is 19.3 Å². The van der Waals surface area contributed by atoms with Gasteiger partial charge in [-0.05, 0) is 23.2 Å². The predicted molar refractivity (Wildman–Crippen MR) is 55.0 cm³/mol. The first-order valence-electron chi connectivity index (χ1n) is 5.19. The van der Waals surface area contributed by atoms with Gasteiger partial charge in [0.05, 0.1) is 5.92 Å². The number of carbonyl (C=O) groups is 2. The molecule has 1 atom stereocenters. The highest BCUT2D eigenvalue weighted by Crippen LogP contribution is 2.19. The fraction of sp³-hybridized carbons (Fsp3) is 0.556. The molecule has 1 saturated heterocycles. The molecule has 8 nitrogen and oxygen atoms in total. The van der Waals surface area contributed by atoms with Gasteiger partial charge in [0.15, 0.2) is 0 Å². The van der Waals surface area contributed by atoms with Crippen LogP contribution in [-0.4, -0.2) is 45.3 Å². The summed E-state index contributed by atoms with van der Waals surface area (Å²) in [5, 5.41) is 15.6. The number of carbonyl (C=O) groups excluding carboxylic acids is 1. The second kappa shape index (κ2) is 4.40. The molecule has 1 aliphatic heterocycles. The Morgan fingerprint density at radius 2 is 2.24 bits per heavy atom. The van der Waals surface area contributed by atoms with Crippen LogP contribution < -0.4 is 5.73 Å². The van der Waals surface area contributed by atoms with E-state index in [0.29, 0.717) is 19.4 Å². The summed E-state index contributed by atoms with van der Waals surface area (Å²) >= 11 is 0. The Kier molecular flexibility index (Phi) is 2.94. The summed E-state index contributed by atoms with van der Waals surface area (Å²) in [6, 6.07) is 0. The molecule has 0 bridgehead atoms. The van der Waals surface area contributed by atoms with Crippen LogP contribution in [0.4, 0.5) is 5.82 Å². The third-order valence-corrected chi connectivity index (χ3v) is 2.77. The average Bonchev–Trinajstić information content (AvgIpc) is 2.74. The van der Waals surface area contributed by atoms with Crippen molar-refractivity contribution in [3.8, 4) is 0 Å². The third kappa shape index (κ3) is 2.19. The SMILES string of the molecule is Nc1nonc1C(=O)N1CCC[C@H](C(=O)O)C1. The molecule has 92 valence electrons. The lowest BCUT2D eigenvalue weighted by Gasteiger charge is -2.29. The van der Waals surface area contributed by atoms with Crippen LogP contribution in [0.25, 0.3) is 0 Å². The number of carboxylic acids is 1. The zero-order valence-electron chi connectivity index (χ0n) is 9.00. The van der Waals surface area contributed by atoms with Crippen LogP contribution in [0.2, 0.25) is 0 Å². The second-order valence-corrected chi connectivity index (χ2v) is 3.93. The number of amides is 1. The predicted octanol–water partition coefficient (Wildman–Crippen LogP) is -0.411. The van der Waals surface area contributed by atoms with E-state index in [1.807, 2.05) is 0 Å². The number of carboxylic acid groups (broad SMARTS) is 1. The number of nitrogens with two attached hydrogens (primary N) is 1. The number of anilines is 1. The van der Waals surface area contributed by atoms with Gasteiger partial charge in [-0.2, -0.15) is 0 Å². The van der Waals surface area contributed by atoms with Gasteiger partial charge in [-0.15, -0.1) is 0 Å². The van der Waals surface area contributed by atoms with Gasteiger partial charge in [0.2, 0.25) is 11.5 Å². The summed E-state index contributed by atoms with van der Waals surface area (Å²) in [5.41, 5.74) is 5.35. The molecule has 0 spiro atoms. The molecule has 2 heterocycles. The van der Waals surface area contributed by atoms with E-state index in [2.05, 4.69) is 14.9 Å². The molecule has 0 aromatic carbocycles. The standard InChI is InChI=1S/C9H12N4O4/c10-7-6(11-17-12-7)8(14)13-3-1-2-5(4-13)9(15)16/h5H,1-4H2,(H2,10,12)(H,15,16)/t5-/m0/s1. The molecule has 1 fully saturated rings. The van der Waals surface area contributed by atoms with Gasteiger partial charge in [-0.3, -0.25) is 9.59 Å². The maximum atomic E-state index is 11.9. The van der Waals surface area contributed by atoms with E-state index >= 15 is 0 Å². The Morgan fingerprint density at radius 1 is 1.47 bits per heavy atom. The van der Waals surface area contributed by atoms with Crippen molar-refractivity contribution in [1.82, 2.24) is 15.2 Å². The molecule has 0 unspecified atom stereocenters. The Bertz CT molecular complexity index is 444. The van der Waals surface area contributed by atoms with E-state index in [9.17, 15) is 9.59 Å². The summed E-state index contributed by atoms with van der Waals surface area (Å²) in [4.78, 5) is 24.2. The van der Waals surface area contributed by atoms with Crippen LogP contribution in [0, 0.1) is 5.92 Å². The number of piperidine rings is 1. The molecule has 3 N–H and O–H groups in total. The van der Waals surface area contributed by atoms with E-state index in [4.69, 9.17) is 10.8 Å². The van der Waals surface area contributed by atoms with Gasteiger partial charge in [0.25, 0.3) is 5.91 Å². The molecule has 1 aliphatic rings. The average molecular weight is 240 g/mol. The summed E-state index contributed by atoms with van der Waals surface area (Å²) in [6.07, 6.45) is 1.22. The van der Waals surface area contributed by atoms with Crippen molar-refractivity contribution in [2.45, 2.75) is 12.8 Å². The van der Waals surface area contributed by atoms with Gasteiger partial charge >= 0.3 is 5.97 Å². The summed E-state index contributed by atoms with van der Waals surface area (Å²) in [6.45, 7) is 0.662. The lowest BCUT2D eigenvalue weighted by molar-refractivity contribution is -0.143. The van der Waals surface area contributed by atoms with Gasteiger partial charge in [0.1, 0.15) is 0 Å². The highest BCUT2D eigenvalue weighted by atomic mass is 16.6. The molecular weight excluding hydrogens is 228 g/mol. The molecule has 0 radical (unpaired) electrons. The first-order chi connectivity index (χ1) is 8.09. The van der Waals surface area contributed by atoms with Crippen molar-refractivity contribution in [2.24, 2.45) is 5.92 Å². The lowest BCUT2D eigenvalue weighted by Crippen LogP contribution is -2.42. The zero-order valence-corrected chi connectivity index (χ0v) is 9.00. The first-order valence-corrected chi connectivity index (χ1v) is 5.19. The quantitative estimate of drug-likeness (QED) is 0.720.